The maximum Gasteiger partial charge on any atom is 0.338 e. The molecule has 1 atom stereocenters. The molecule has 0 unspecified atom stereocenters. The number of hydrogen-bond donors (Lipinski definition) is 0. The van der Waals surface area contributed by atoms with Gasteiger partial charge >= 0.3 is 5.97 Å². The van der Waals surface area contributed by atoms with Gasteiger partial charge < -0.3 is 23.8 Å². The number of nitrogens with zero attached hydrogens (tertiary/aromatic N) is 2. The number of hydrogen-bond acceptors (Lipinski definition) is 8. The summed E-state index contributed by atoms with van der Waals surface area (Å²) in [5.41, 5.74) is 2.69. The van der Waals surface area contributed by atoms with E-state index in [0.29, 0.717) is 54.4 Å². The Morgan fingerprint density at radius 1 is 0.841 bits per heavy atom. The van der Waals surface area contributed by atoms with Gasteiger partial charge in [-0.2, -0.15) is 4.31 Å². The van der Waals surface area contributed by atoms with E-state index in [9.17, 15) is 18.0 Å². The lowest BCUT2D eigenvalue weighted by Crippen LogP contribution is -2.42. The highest BCUT2D eigenvalue weighted by Crippen LogP contribution is 2.39. The number of esters is 1. The van der Waals surface area contributed by atoms with Crippen LogP contribution in [0.4, 0.5) is 0 Å². The van der Waals surface area contributed by atoms with Crippen LogP contribution in [0.2, 0.25) is 0 Å². The molecule has 234 valence electrons. The molecule has 0 aromatic heterocycles. The predicted octanol–water partition coefficient (Wildman–Crippen LogP) is 4.87. The lowest BCUT2D eigenvalue weighted by atomic mass is 9.91. The van der Waals surface area contributed by atoms with Crippen molar-refractivity contribution >= 4 is 21.9 Å². The van der Waals surface area contributed by atoms with E-state index >= 15 is 0 Å². The Balaban J connectivity index is 1.41. The van der Waals surface area contributed by atoms with Crippen LogP contribution in [0.15, 0.2) is 65.6 Å². The molecule has 2 aliphatic rings. The van der Waals surface area contributed by atoms with Crippen LogP contribution in [0.3, 0.4) is 0 Å². The van der Waals surface area contributed by atoms with Crippen molar-refractivity contribution in [1.82, 2.24) is 9.21 Å². The van der Waals surface area contributed by atoms with Crippen LogP contribution < -0.4 is 14.2 Å². The molecule has 0 bridgehead atoms. The molecule has 2 heterocycles. The summed E-state index contributed by atoms with van der Waals surface area (Å²) in [6.45, 7) is 3.61. The van der Waals surface area contributed by atoms with Crippen LogP contribution in [-0.2, 0) is 21.2 Å². The highest BCUT2D eigenvalue weighted by Gasteiger charge is 2.34. The van der Waals surface area contributed by atoms with Gasteiger partial charge in [-0.15, -0.1) is 0 Å². The second-order valence-corrected chi connectivity index (χ2v) is 12.7. The molecule has 5 rings (SSSR count). The predicted molar refractivity (Wildman–Crippen MR) is 164 cm³/mol. The van der Waals surface area contributed by atoms with Crippen LogP contribution in [0.5, 0.6) is 17.2 Å². The molecule has 0 saturated carbocycles. The first-order chi connectivity index (χ1) is 21.3. The van der Waals surface area contributed by atoms with Crippen LogP contribution in [0.1, 0.15) is 64.1 Å². The summed E-state index contributed by atoms with van der Waals surface area (Å²) in [7, 11) is -0.468. The van der Waals surface area contributed by atoms with Gasteiger partial charge in [0, 0.05) is 25.2 Å². The first-order valence-corrected chi connectivity index (χ1v) is 16.3. The van der Waals surface area contributed by atoms with E-state index in [2.05, 4.69) is 0 Å². The van der Waals surface area contributed by atoms with Crippen molar-refractivity contribution < 1.29 is 37.0 Å². The van der Waals surface area contributed by atoms with Gasteiger partial charge in [-0.25, -0.2) is 13.2 Å². The number of carbonyl (C=O) groups is 2. The zero-order valence-electron chi connectivity index (χ0n) is 25.3. The maximum atomic E-state index is 14.0. The van der Waals surface area contributed by atoms with Gasteiger partial charge in [0.1, 0.15) is 12.4 Å². The third-order valence-electron chi connectivity index (χ3n) is 8.09. The average Bonchev–Trinajstić information content (AvgIpc) is 3.06. The number of rotatable bonds is 10. The first kappa shape index (κ1) is 31.3. The fourth-order valence-electron chi connectivity index (χ4n) is 5.72. The minimum Gasteiger partial charge on any atom is -0.493 e. The lowest BCUT2D eigenvalue weighted by Gasteiger charge is -2.37. The number of methoxy groups -OCH3 is 2. The zero-order valence-corrected chi connectivity index (χ0v) is 26.1. The van der Waals surface area contributed by atoms with E-state index in [1.807, 2.05) is 12.1 Å². The molecular formula is C33H38N2O8S. The molecule has 10 nitrogen and oxygen atoms in total. The van der Waals surface area contributed by atoms with Crippen molar-refractivity contribution in [3.63, 3.8) is 0 Å². The molecule has 2 aliphatic heterocycles. The Bertz CT molecular complexity index is 1580. The smallest absolute Gasteiger partial charge is 0.338 e. The van der Waals surface area contributed by atoms with Crippen molar-refractivity contribution in [3.05, 3.63) is 82.9 Å². The third-order valence-corrected chi connectivity index (χ3v) is 10.0. The summed E-state index contributed by atoms with van der Waals surface area (Å²) in [4.78, 5) is 27.9. The fraction of sp³-hybridized carbons (Fsp3) is 0.394. The SMILES string of the molecule is CCOC(=O)c1ccc(OC[C@@H]2c3cc(OC)c(OC)cc3CCN2C(=O)c2ccc(S(=O)(=O)N3CCCCC3)cc2)cc1. The van der Waals surface area contributed by atoms with Crippen molar-refractivity contribution in [2.45, 2.75) is 43.5 Å². The van der Waals surface area contributed by atoms with Gasteiger partial charge in [0.2, 0.25) is 10.0 Å². The molecule has 0 aliphatic carbocycles. The second-order valence-electron chi connectivity index (χ2n) is 10.7. The van der Waals surface area contributed by atoms with Crippen LogP contribution in [0, 0.1) is 0 Å². The second kappa shape index (κ2) is 13.7. The van der Waals surface area contributed by atoms with Gasteiger partial charge in [-0.05, 0) is 98.0 Å². The third kappa shape index (κ3) is 6.53. The van der Waals surface area contributed by atoms with Gasteiger partial charge in [0.05, 0.1) is 37.3 Å². The molecule has 0 spiro atoms. The zero-order chi connectivity index (χ0) is 31.3. The van der Waals surface area contributed by atoms with E-state index < -0.39 is 22.0 Å². The van der Waals surface area contributed by atoms with E-state index in [4.69, 9.17) is 18.9 Å². The van der Waals surface area contributed by atoms with Crippen LogP contribution in [0.25, 0.3) is 0 Å². The molecular weight excluding hydrogens is 584 g/mol. The summed E-state index contributed by atoms with van der Waals surface area (Å²) >= 11 is 0. The quantitative estimate of drug-likeness (QED) is 0.295. The standard InChI is InChI=1S/C33H38N2O8S/c1-4-42-33(37)24-8-12-26(13-9-24)43-22-29-28-21-31(41-3)30(40-2)20-25(28)16-19-35(29)32(36)23-10-14-27(15-11-23)44(38,39)34-17-6-5-7-18-34/h8-15,20-21,29H,4-7,16-19,22H2,1-3H3/t29-/m1/s1. The Hall–Kier alpha value is -4.09. The first-order valence-electron chi connectivity index (χ1n) is 14.8. The van der Waals surface area contributed by atoms with E-state index in [1.54, 1.807) is 62.4 Å². The lowest BCUT2D eigenvalue weighted by molar-refractivity contribution is 0.0524. The van der Waals surface area contributed by atoms with Gasteiger partial charge in [-0.3, -0.25) is 4.79 Å². The van der Waals surface area contributed by atoms with Crippen LogP contribution in [-0.4, -0.2) is 76.6 Å². The molecule has 44 heavy (non-hydrogen) atoms. The number of piperidine rings is 1. The number of sulfonamides is 1. The Morgan fingerprint density at radius 2 is 1.48 bits per heavy atom. The van der Waals surface area contributed by atoms with Gasteiger partial charge in [-0.1, -0.05) is 6.42 Å². The van der Waals surface area contributed by atoms with E-state index in [-0.39, 0.29) is 24.0 Å². The van der Waals surface area contributed by atoms with E-state index in [1.165, 1.54) is 16.4 Å². The van der Waals surface area contributed by atoms with Crippen molar-refractivity contribution in [1.29, 1.82) is 0 Å². The highest BCUT2D eigenvalue weighted by molar-refractivity contribution is 7.89. The number of fused-ring (bicyclic) bond motifs is 1. The molecule has 3 aromatic rings. The summed E-state index contributed by atoms with van der Waals surface area (Å²) in [5, 5.41) is 0. The Morgan fingerprint density at radius 3 is 2.11 bits per heavy atom. The monoisotopic (exact) mass is 622 g/mol. The molecule has 1 saturated heterocycles. The van der Waals surface area contributed by atoms with Crippen LogP contribution >= 0.6 is 0 Å². The van der Waals surface area contributed by atoms with Crippen molar-refractivity contribution in [2.75, 3.05) is 47.1 Å². The maximum absolute atomic E-state index is 14.0. The summed E-state index contributed by atoms with van der Waals surface area (Å²) in [6.07, 6.45) is 3.32. The topological polar surface area (TPSA) is 112 Å². The molecule has 0 radical (unpaired) electrons. The number of amides is 1. The average molecular weight is 623 g/mol. The van der Waals surface area contributed by atoms with Gasteiger partial charge in [0.25, 0.3) is 5.91 Å². The molecule has 1 fully saturated rings. The molecule has 3 aromatic carbocycles. The highest BCUT2D eigenvalue weighted by atomic mass is 32.2. The van der Waals surface area contributed by atoms with E-state index in [0.717, 1.165) is 30.4 Å². The largest absolute Gasteiger partial charge is 0.493 e. The summed E-state index contributed by atoms with van der Waals surface area (Å²) in [6, 6.07) is 16.2. The Labute approximate surface area is 258 Å². The minimum atomic E-state index is -3.61. The molecule has 11 heteroatoms. The molecule has 0 N–H and O–H groups in total. The number of carbonyl (C=O) groups excluding carboxylic acids is 2. The normalized spacial score (nSPS) is 17.0. The number of benzene rings is 3. The minimum absolute atomic E-state index is 0.133. The van der Waals surface area contributed by atoms with Crippen molar-refractivity contribution in [2.24, 2.45) is 0 Å². The Kier molecular flexibility index (Phi) is 9.75. The summed E-state index contributed by atoms with van der Waals surface area (Å²) < 4.78 is 50.1. The van der Waals surface area contributed by atoms with Gasteiger partial charge in [0.15, 0.2) is 11.5 Å². The molecule has 1 amide bonds. The fourth-order valence-corrected chi connectivity index (χ4v) is 7.23. The van der Waals surface area contributed by atoms with Crippen molar-refractivity contribution in [3.8, 4) is 17.2 Å². The number of ether oxygens (including phenoxy) is 4. The summed E-state index contributed by atoms with van der Waals surface area (Å²) in [5.74, 6) is 1.03.